The highest BCUT2D eigenvalue weighted by atomic mass is 32.1. The Morgan fingerprint density at radius 2 is 2.06 bits per heavy atom. The summed E-state index contributed by atoms with van der Waals surface area (Å²) in [6, 6.07) is 9.89. The maximum atomic E-state index is 6.10. The summed E-state index contributed by atoms with van der Waals surface area (Å²) in [6.45, 7) is 6.00. The lowest BCUT2D eigenvalue weighted by Gasteiger charge is -2.23. The minimum atomic E-state index is 0.161. The van der Waals surface area contributed by atoms with Gasteiger partial charge in [-0.15, -0.1) is 11.3 Å². The number of fused-ring (bicyclic) bond motifs is 1. The van der Waals surface area contributed by atoms with E-state index >= 15 is 0 Å². The predicted octanol–water partition coefficient (Wildman–Crippen LogP) is 4.64. The van der Waals surface area contributed by atoms with Crippen molar-refractivity contribution in [3.05, 3.63) is 53.9 Å². The van der Waals surface area contributed by atoms with Gasteiger partial charge < -0.3 is 15.4 Å². The normalized spacial score (nSPS) is 16.4. The molecular formula is C23H24N6OS. The van der Waals surface area contributed by atoms with E-state index < -0.39 is 0 Å². The van der Waals surface area contributed by atoms with Gasteiger partial charge in [0, 0.05) is 31.1 Å². The Morgan fingerprint density at radius 1 is 1.13 bits per heavy atom. The summed E-state index contributed by atoms with van der Waals surface area (Å²) >= 11 is 1.60. The van der Waals surface area contributed by atoms with Crippen LogP contribution in [-0.2, 0) is 0 Å². The van der Waals surface area contributed by atoms with E-state index in [1.54, 1.807) is 17.5 Å². The van der Waals surface area contributed by atoms with Crippen LogP contribution in [0.4, 0.5) is 11.6 Å². The second-order valence-corrected chi connectivity index (χ2v) is 8.84. The number of rotatable bonds is 5. The average Bonchev–Trinajstić information content (AvgIpc) is 3.17. The molecule has 8 heteroatoms. The van der Waals surface area contributed by atoms with Gasteiger partial charge in [-0.3, -0.25) is 4.98 Å². The van der Waals surface area contributed by atoms with Crippen molar-refractivity contribution in [3.63, 3.8) is 0 Å². The molecule has 31 heavy (non-hydrogen) atoms. The number of aromatic nitrogens is 4. The Labute approximate surface area is 185 Å². The molecular weight excluding hydrogens is 408 g/mol. The first-order chi connectivity index (χ1) is 15.1. The molecule has 0 aliphatic carbocycles. The molecule has 4 aromatic heterocycles. The number of nitrogens with zero attached hydrogens (tertiary/aromatic N) is 4. The number of aryl methyl sites for hydroxylation is 2. The first-order valence-corrected chi connectivity index (χ1v) is 11.3. The first-order valence-electron chi connectivity index (χ1n) is 10.5. The summed E-state index contributed by atoms with van der Waals surface area (Å²) in [5, 5.41) is 7.58. The van der Waals surface area contributed by atoms with E-state index in [2.05, 4.69) is 25.6 Å². The summed E-state index contributed by atoms with van der Waals surface area (Å²) in [5.41, 5.74) is 3.99. The zero-order valence-corrected chi connectivity index (χ0v) is 18.4. The number of hydrogen-bond donors (Lipinski definition) is 2. The minimum absolute atomic E-state index is 0.161. The van der Waals surface area contributed by atoms with Crippen LogP contribution in [-0.4, -0.2) is 39.1 Å². The van der Waals surface area contributed by atoms with Crippen LogP contribution in [0.15, 0.2) is 42.7 Å². The van der Waals surface area contributed by atoms with Crippen LogP contribution < -0.4 is 15.4 Å². The molecule has 1 aliphatic rings. The highest BCUT2D eigenvalue weighted by Crippen LogP contribution is 2.31. The fraction of sp³-hybridized carbons (Fsp3) is 0.304. The van der Waals surface area contributed by atoms with Crippen LogP contribution in [0.25, 0.3) is 20.9 Å². The smallest absolute Gasteiger partial charge is 0.215 e. The van der Waals surface area contributed by atoms with Crippen LogP contribution in [0.5, 0.6) is 5.88 Å². The van der Waals surface area contributed by atoms with Gasteiger partial charge in [-0.2, -0.15) is 4.98 Å². The van der Waals surface area contributed by atoms with Crippen LogP contribution in [0.3, 0.4) is 0 Å². The van der Waals surface area contributed by atoms with Gasteiger partial charge in [0.25, 0.3) is 0 Å². The molecule has 158 valence electrons. The highest BCUT2D eigenvalue weighted by Gasteiger charge is 2.16. The van der Waals surface area contributed by atoms with E-state index in [1.165, 1.54) is 0 Å². The summed E-state index contributed by atoms with van der Waals surface area (Å²) in [7, 11) is 0. The van der Waals surface area contributed by atoms with E-state index in [4.69, 9.17) is 9.72 Å². The number of pyridine rings is 3. The molecule has 5 heterocycles. The third kappa shape index (κ3) is 4.50. The van der Waals surface area contributed by atoms with Gasteiger partial charge in [0.05, 0.1) is 10.2 Å². The Bertz CT molecular complexity index is 1220. The lowest BCUT2D eigenvalue weighted by atomic mass is 10.1. The van der Waals surface area contributed by atoms with Gasteiger partial charge in [0.2, 0.25) is 5.88 Å². The molecule has 1 aliphatic heterocycles. The number of thiazole rings is 1. The van der Waals surface area contributed by atoms with E-state index in [9.17, 15) is 0 Å². The second-order valence-electron chi connectivity index (χ2n) is 7.80. The largest absolute Gasteiger partial charge is 0.473 e. The molecule has 0 aromatic carbocycles. The van der Waals surface area contributed by atoms with E-state index in [0.29, 0.717) is 17.5 Å². The van der Waals surface area contributed by atoms with E-state index in [0.717, 1.165) is 58.0 Å². The molecule has 0 radical (unpaired) electrons. The fourth-order valence-corrected chi connectivity index (χ4v) is 4.67. The number of nitrogens with one attached hydrogen (secondary N) is 2. The van der Waals surface area contributed by atoms with Crippen molar-refractivity contribution in [1.82, 2.24) is 25.3 Å². The van der Waals surface area contributed by atoms with Gasteiger partial charge in [-0.05, 0) is 56.5 Å². The van der Waals surface area contributed by atoms with E-state index in [-0.39, 0.29) is 6.10 Å². The molecule has 1 saturated heterocycles. The topological polar surface area (TPSA) is 84.9 Å². The van der Waals surface area contributed by atoms with Gasteiger partial charge in [0.15, 0.2) is 0 Å². The van der Waals surface area contributed by atoms with Crippen LogP contribution in [0, 0.1) is 13.8 Å². The Morgan fingerprint density at radius 3 is 2.90 bits per heavy atom. The van der Waals surface area contributed by atoms with Gasteiger partial charge in [0.1, 0.15) is 28.4 Å². The molecule has 4 aromatic rings. The number of piperidine rings is 1. The molecule has 0 amide bonds. The van der Waals surface area contributed by atoms with Crippen LogP contribution in [0.2, 0.25) is 0 Å². The van der Waals surface area contributed by atoms with Crippen molar-refractivity contribution in [3.8, 4) is 16.6 Å². The third-order valence-corrected chi connectivity index (χ3v) is 6.24. The monoisotopic (exact) mass is 432 g/mol. The molecule has 2 N–H and O–H groups in total. The first kappa shape index (κ1) is 19.8. The maximum Gasteiger partial charge on any atom is 0.215 e. The summed E-state index contributed by atoms with van der Waals surface area (Å²) in [4.78, 5) is 18.5. The number of hydrogen-bond acceptors (Lipinski definition) is 8. The zero-order valence-electron chi connectivity index (χ0n) is 17.6. The maximum absolute atomic E-state index is 6.10. The average molecular weight is 433 g/mol. The van der Waals surface area contributed by atoms with E-state index in [1.807, 2.05) is 50.4 Å². The van der Waals surface area contributed by atoms with Crippen molar-refractivity contribution in [2.24, 2.45) is 0 Å². The molecule has 0 spiro atoms. The lowest BCUT2D eigenvalue weighted by Crippen LogP contribution is -2.37. The molecule has 1 fully saturated rings. The molecule has 0 bridgehead atoms. The standard InChI is InChI=1S/C23H24N6OS/c1-14-9-20(29-21(10-14)30-16-6-4-7-24-12-16)28-19-11-17-18(13-26-19)31-23(27-17)22-15(2)5-3-8-25-22/h3,5,8-11,13,16,24H,4,6-7,12H2,1-2H3,(H,26,28,29)/t16-/m0/s1. The Balaban J connectivity index is 1.38. The minimum Gasteiger partial charge on any atom is -0.473 e. The van der Waals surface area contributed by atoms with Gasteiger partial charge in [-0.1, -0.05) is 6.07 Å². The van der Waals surface area contributed by atoms with Gasteiger partial charge >= 0.3 is 0 Å². The molecule has 7 nitrogen and oxygen atoms in total. The van der Waals surface area contributed by atoms with Crippen molar-refractivity contribution >= 4 is 33.2 Å². The van der Waals surface area contributed by atoms with Crippen molar-refractivity contribution in [2.75, 3.05) is 18.4 Å². The molecule has 5 rings (SSSR count). The van der Waals surface area contributed by atoms with Crippen molar-refractivity contribution in [2.45, 2.75) is 32.8 Å². The highest BCUT2D eigenvalue weighted by molar-refractivity contribution is 7.21. The van der Waals surface area contributed by atoms with Crippen LogP contribution >= 0.6 is 11.3 Å². The number of anilines is 2. The van der Waals surface area contributed by atoms with Gasteiger partial charge in [-0.25, -0.2) is 9.97 Å². The summed E-state index contributed by atoms with van der Waals surface area (Å²) in [6.07, 6.45) is 5.98. The Kier molecular flexibility index (Phi) is 5.48. The molecule has 1 atom stereocenters. The van der Waals surface area contributed by atoms with Crippen molar-refractivity contribution < 1.29 is 4.74 Å². The zero-order chi connectivity index (χ0) is 21.2. The van der Waals surface area contributed by atoms with Crippen LogP contribution in [0.1, 0.15) is 24.0 Å². The third-order valence-electron chi connectivity index (χ3n) is 5.23. The number of ether oxygens (including phenoxy) is 1. The Hall–Kier alpha value is -3.10. The lowest BCUT2D eigenvalue weighted by molar-refractivity contribution is 0.160. The molecule has 0 saturated carbocycles. The molecule has 0 unspecified atom stereocenters. The quantitative estimate of drug-likeness (QED) is 0.475. The SMILES string of the molecule is Cc1cc(Nc2cc3nc(-c4ncccc4C)sc3cn2)nc(O[C@H]2CCCNC2)c1. The van der Waals surface area contributed by atoms with Crippen molar-refractivity contribution in [1.29, 1.82) is 0 Å². The second kappa shape index (κ2) is 8.56. The fourth-order valence-electron chi connectivity index (χ4n) is 3.70. The predicted molar refractivity (Wildman–Crippen MR) is 124 cm³/mol. The summed E-state index contributed by atoms with van der Waals surface area (Å²) < 4.78 is 7.12. The summed E-state index contributed by atoms with van der Waals surface area (Å²) in [5.74, 6) is 2.05.